The summed E-state index contributed by atoms with van der Waals surface area (Å²) in [4.78, 5) is 25.5. The predicted octanol–water partition coefficient (Wildman–Crippen LogP) is 1.37. The van der Waals surface area contributed by atoms with Crippen molar-refractivity contribution in [3.05, 3.63) is 46.0 Å². The van der Waals surface area contributed by atoms with Gasteiger partial charge in [0.1, 0.15) is 11.5 Å². The van der Waals surface area contributed by atoms with Crippen molar-refractivity contribution in [2.75, 3.05) is 7.11 Å². The summed E-state index contributed by atoms with van der Waals surface area (Å²) in [5.41, 5.74) is -1.22. The van der Waals surface area contributed by atoms with Crippen molar-refractivity contribution in [1.82, 2.24) is 0 Å². The maximum Gasteiger partial charge on any atom is 0.446 e. The van der Waals surface area contributed by atoms with E-state index in [0.717, 1.165) is 12.1 Å². The van der Waals surface area contributed by atoms with Crippen molar-refractivity contribution in [1.29, 1.82) is 0 Å². The van der Waals surface area contributed by atoms with E-state index in [2.05, 4.69) is 4.18 Å². The van der Waals surface area contributed by atoms with E-state index in [-0.39, 0.29) is 28.0 Å². The Kier molecular flexibility index (Phi) is 3.89. The van der Waals surface area contributed by atoms with Crippen LogP contribution >= 0.6 is 0 Å². The van der Waals surface area contributed by atoms with Crippen LogP contribution in [0.4, 0.5) is 0 Å². The van der Waals surface area contributed by atoms with E-state index in [9.17, 15) is 28.2 Å². The molecule has 0 saturated carbocycles. The number of phenols is 2. The van der Waals surface area contributed by atoms with Crippen LogP contribution in [0.5, 0.6) is 23.0 Å². The van der Waals surface area contributed by atoms with Crippen LogP contribution in [0.2, 0.25) is 0 Å². The molecule has 9 nitrogen and oxygen atoms in total. The number of carbonyl (C=O) groups excluding carboxylic acids is 2. The van der Waals surface area contributed by atoms with E-state index in [1.54, 1.807) is 0 Å². The molecule has 0 atom stereocenters. The largest absolute Gasteiger partial charge is 0.507 e. The Hall–Kier alpha value is -3.11. The summed E-state index contributed by atoms with van der Waals surface area (Å²) in [5, 5.41) is 20.4. The minimum atomic E-state index is -4.98. The van der Waals surface area contributed by atoms with Gasteiger partial charge >= 0.3 is 10.4 Å². The number of phenolic OH excluding ortho intramolecular Hbond substituents is 2. The maximum atomic E-state index is 12.7. The molecule has 0 radical (unpaired) electrons. The molecule has 1 aliphatic carbocycles. The lowest BCUT2D eigenvalue weighted by molar-refractivity contribution is 0.0973. The number of ether oxygens (including phenoxy) is 1. The van der Waals surface area contributed by atoms with Gasteiger partial charge in [0.25, 0.3) is 0 Å². The van der Waals surface area contributed by atoms with E-state index in [0.29, 0.717) is 0 Å². The number of hydrogen-bond acceptors (Lipinski definition) is 8. The monoisotopic (exact) mass is 380 g/mol. The lowest BCUT2D eigenvalue weighted by atomic mass is 9.82. The molecule has 0 amide bonds. The molecule has 3 N–H and O–H groups in total. The van der Waals surface area contributed by atoms with Crippen molar-refractivity contribution in [3.63, 3.8) is 0 Å². The van der Waals surface area contributed by atoms with E-state index in [4.69, 9.17) is 9.29 Å². The Balaban J connectivity index is 2.31. The Bertz CT molecular complexity index is 1080. The van der Waals surface area contributed by atoms with Gasteiger partial charge in [-0.05, 0) is 24.6 Å². The lowest BCUT2D eigenvalue weighted by Gasteiger charge is -2.22. The molecule has 136 valence electrons. The van der Waals surface area contributed by atoms with Crippen molar-refractivity contribution in [2.24, 2.45) is 0 Å². The standard InChI is InChI=1S/C16H12O9S/c1-6-3-8-12(15(20)16(6)25-26(21,22)23)14(19)11-9(13(8)18)4-7(24-2)5-10(11)17/h3-5,17,20H,1-2H3,(H,21,22,23). The fraction of sp³-hybridized carbons (Fsp3) is 0.125. The summed E-state index contributed by atoms with van der Waals surface area (Å²) in [6.45, 7) is 1.32. The minimum absolute atomic E-state index is 0.00408. The zero-order valence-electron chi connectivity index (χ0n) is 13.4. The Labute approximate surface area is 147 Å². The highest BCUT2D eigenvalue weighted by Crippen LogP contribution is 2.44. The number of aromatic hydroxyl groups is 2. The fourth-order valence-corrected chi connectivity index (χ4v) is 3.23. The highest BCUT2D eigenvalue weighted by atomic mass is 32.3. The molecule has 10 heteroatoms. The van der Waals surface area contributed by atoms with Gasteiger partial charge in [-0.2, -0.15) is 8.42 Å². The second kappa shape index (κ2) is 5.71. The van der Waals surface area contributed by atoms with Gasteiger partial charge in [0.05, 0.1) is 18.2 Å². The number of hydrogen-bond donors (Lipinski definition) is 3. The van der Waals surface area contributed by atoms with Crippen LogP contribution in [0.15, 0.2) is 18.2 Å². The molecule has 0 fully saturated rings. The highest BCUT2D eigenvalue weighted by Gasteiger charge is 2.37. The Morgan fingerprint density at radius 2 is 1.58 bits per heavy atom. The van der Waals surface area contributed by atoms with Crippen LogP contribution in [0.25, 0.3) is 0 Å². The lowest BCUT2D eigenvalue weighted by Crippen LogP contribution is -2.22. The molecular weight excluding hydrogens is 368 g/mol. The first-order chi connectivity index (χ1) is 12.0. The molecule has 1 aliphatic rings. The van der Waals surface area contributed by atoms with E-state index < -0.39 is 44.8 Å². The number of carbonyl (C=O) groups is 2. The van der Waals surface area contributed by atoms with Gasteiger partial charge in [-0.3, -0.25) is 14.1 Å². The topological polar surface area (TPSA) is 147 Å². The molecule has 3 rings (SSSR count). The van der Waals surface area contributed by atoms with Crippen LogP contribution in [0, 0.1) is 6.92 Å². The van der Waals surface area contributed by atoms with E-state index >= 15 is 0 Å². The van der Waals surface area contributed by atoms with Gasteiger partial charge in [-0.1, -0.05) is 0 Å². The summed E-state index contributed by atoms with van der Waals surface area (Å²) < 4.78 is 40.0. The van der Waals surface area contributed by atoms with Crippen LogP contribution in [-0.4, -0.2) is 41.9 Å². The van der Waals surface area contributed by atoms with Crippen molar-refractivity contribution in [2.45, 2.75) is 6.92 Å². The van der Waals surface area contributed by atoms with Gasteiger partial charge < -0.3 is 19.1 Å². The average molecular weight is 380 g/mol. The van der Waals surface area contributed by atoms with Crippen LogP contribution in [-0.2, 0) is 10.4 Å². The van der Waals surface area contributed by atoms with Gasteiger partial charge in [-0.15, -0.1) is 0 Å². The van der Waals surface area contributed by atoms with Gasteiger partial charge in [0, 0.05) is 17.2 Å². The minimum Gasteiger partial charge on any atom is -0.507 e. The first kappa shape index (κ1) is 17.7. The van der Waals surface area contributed by atoms with Crippen LogP contribution in [0.1, 0.15) is 37.4 Å². The zero-order valence-corrected chi connectivity index (χ0v) is 14.2. The normalized spacial score (nSPS) is 13.2. The number of benzene rings is 2. The van der Waals surface area contributed by atoms with Gasteiger partial charge in [0.15, 0.2) is 17.3 Å². The molecular formula is C16H12O9S. The van der Waals surface area contributed by atoms with Gasteiger partial charge in [-0.25, -0.2) is 0 Å². The molecule has 2 aromatic carbocycles. The first-order valence-corrected chi connectivity index (χ1v) is 8.45. The quantitative estimate of drug-likeness (QED) is 0.573. The molecule has 0 aliphatic heterocycles. The SMILES string of the molecule is COc1cc(O)c2c(c1)C(=O)c1cc(C)c(OS(=O)(=O)O)c(O)c1C2=O. The molecule has 2 aromatic rings. The first-order valence-electron chi connectivity index (χ1n) is 7.09. The number of methoxy groups -OCH3 is 1. The van der Waals surface area contributed by atoms with E-state index in [1.807, 2.05) is 0 Å². The third kappa shape index (κ3) is 2.65. The zero-order chi connectivity index (χ0) is 19.4. The van der Waals surface area contributed by atoms with Crippen molar-refractivity contribution in [3.8, 4) is 23.0 Å². The summed E-state index contributed by atoms with van der Waals surface area (Å²) in [6, 6.07) is 3.54. The van der Waals surface area contributed by atoms with Crippen molar-refractivity contribution < 1.29 is 41.7 Å². The number of ketones is 2. The molecule has 0 unspecified atom stereocenters. The average Bonchev–Trinajstić information content (AvgIpc) is 2.54. The predicted molar refractivity (Wildman–Crippen MR) is 86.5 cm³/mol. The van der Waals surface area contributed by atoms with Crippen LogP contribution < -0.4 is 8.92 Å². The highest BCUT2D eigenvalue weighted by molar-refractivity contribution is 7.81. The second-order valence-electron chi connectivity index (χ2n) is 5.53. The third-order valence-corrected chi connectivity index (χ3v) is 4.28. The molecule has 0 bridgehead atoms. The van der Waals surface area contributed by atoms with Crippen LogP contribution in [0.3, 0.4) is 0 Å². The Morgan fingerprint density at radius 1 is 0.962 bits per heavy atom. The molecule has 0 saturated heterocycles. The fourth-order valence-electron chi connectivity index (χ4n) is 2.81. The summed E-state index contributed by atoms with van der Waals surface area (Å²) in [7, 11) is -3.66. The summed E-state index contributed by atoms with van der Waals surface area (Å²) >= 11 is 0. The molecule has 26 heavy (non-hydrogen) atoms. The smallest absolute Gasteiger partial charge is 0.446 e. The summed E-state index contributed by atoms with van der Waals surface area (Å²) in [5.74, 6) is -3.60. The van der Waals surface area contributed by atoms with E-state index in [1.165, 1.54) is 20.1 Å². The molecule has 0 heterocycles. The summed E-state index contributed by atoms with van der Waals surface area (Å²) in [6.07, 6.45) is 0. The third-order valence-electron chi connectivity index (χ3n) is 3.90. The number of fused-ring (bicyclic) bond motifs is 2. The second-order valence-corrected chi connectivity index (χ2v) is 6.55. The molecule has 0 spiro atoms. The Morgan fingerprint density at radius 3 is 2.15 bits per heavy atom. The number of aryl methyl sites for hydroxylation is 1. The van der Waals surface area contributed by atoms with Crippen molar-refractivity contribution >= 4 is 22.0 Å². The van der Waals surface area contributed by atoms with Gasteiger partial charge in [0.2, 0.25) is 5.78 Å². The maximum absolute atomic E-state index is 12.7. The number of rotatable bonds is 3. The molecule has 0 aromatic heterocycles.